The zero-order chi connectivity index (χ0) is 17.5. The molecule has 1 aromatic rings. The van der Waals surface area contributed by atoms with E-state index in [9.17, 15) is 9.59 Å². The van der Waals surface area contributed by atoms with E-state index in [0.29, 0.717) is 18.1 Å². The van der Waals surface area contributed by atoms with Crippen molar-refractivity contribution in [3.05, 3.63) is 34.9 Å². The average Bonchev–Trinajstić information content (AvgIpc) is 2.52. The van der Waals surface area contributed by atoms with E-state index in [1.165, 1.54) is 0 Å². The number of halogens is 2. The predicted octanol–water partition coefficient (Wildman–Crippen LogP) is 2.05. The van der Waals surface area contributed by atoms with Gasteiger partial charge in [0.1, 0.15) is 0 Å². The molecule has 0 heterocycles. The summed E-state index contributed by atoms with van der Waals surface area (Å²) >= 11 is 5.79. The van der Waals surface area contributed by atoms with Gasteiger partial charge < -0.3 is 21.7 Å². The van der Waals surface area contributed by atoms with Crippen molar-refractivity contribution in [3.8, 4) is 0 Å². The number of carbonyl (C=O) groups excluding carboxylic acids is 2. The molecule has 1 aromatic carbocycles. The molecule has 0 bridgehead atoms. The van der Waals surface area contributed by atoms with Crippen molar-refractivity contribution in [2.24, 2.45) is 11.7 Å². The lowest BCUT2D eigenvalue weighted by Gasteiger charge is -2.33. The number of rotatable bonds is 7. The Hall–Kier alpha value is -1.50. The van der Waals surface area contributed by atoms with Crippen molar-refractivity contribution in [1.82, 2.24) is 16.0 Å². The highest BCUT2D eigenvalue weighted by Gasteiger charge is 2.28. The summed E-state index contributed by atoms with van der Waals surface area (Å²) < 4.78 is 0. The SMILES string of the molecule is CC(C)C(C)(CN)NC(=O)CNC(=O)NCc1ccc(Cl)cc1.Cl. The summed E-state index contributed by atoms with van der Waals surface area (Å²) in [6.45, 7) is 6.44. The molecule has 0 aliphatic rings. The molecule has 0 saturated heterocycles. The fourth-order valence-electron chi connectivity index (χ4n) is 1.80. The van der Waals surface area contributed by atoms with Gasteiger partial charge in [0.2, 0.25) is 5.91 Å². The van der Waals surface area contributed by atoms with Crippen LogP contribution >= 0.6 is 24.0 Å². The summed E-state index contributed by atoms with van der Waals surface area (Å²) in [5.41, 5.74) is 6.14. The van der Waals surface area contributed by atoms with E-state index < -0.39 is 11.6 Å². The molecule has 0 aliphatic heterocycles. The fourth-order valence-corrected chi connectivity index (χ4v) is 1.93. The molecule has 0 fully saturated rings. The van der Waals surface area contributed by atoms with Gasteiger partial charge in [0.25, 0.3) is 0 Å². The average molecular weight is 377 g/mol. The minimum atomic E-state index is -0.488. The van der Waals surface area contributed by atoms with Gasteiger partial charge in [-0.3, -0.25) is 4.79 Å². The number of nitrogens with two attached hydrogens (primary N) is 1. The Morgan fingerprint density at radius 1 is 1.21 bits per heavy atom. The van der Waals surface area contributed by atoms with E-state index in [-0.39, 0.29) is 30.8 Å². The lowest BCUT2D eigenvalue weighted by Crippen LogP contribution is -2.57. The number of nitrogens with one attached hydrogen (secondary N) is 3. The minimum absolute atomic E-state index is 0. The Balaban J connectivity index is 0.00000529. The van der Waals surface area contributed by atoms with Crippen LogP contribution in [-0.2, 0) is 11.3 Å². The van der Waals surface area contributed by atoms with E-state index in [1.54, 1.807) is 12.1 Å². The van der Waals surface area contributed by atoms with E-state index in [0.717, 1.165) is 5.56 Å². The second-order valence-corrected chi connectivity index (χ2v) is 6.42. The topological polar surface area (TPSA) is 96.2 Å². The number of urea groups is 1. The van der Waals surface area contributed by atoms with E-state index >= 15 is 0 Å². The van der Waals surface area contributed by atoms with Gasteiger partial charge in [-0.05, 0) is 30.5 Å². The third-order valence-electron chi connectivity index (χ3n) is 3.90. The van der Waals surface area contributed by atoms with Crippen molar-refractivity contribution < 1.29 is 9.59 Å². The molecule has 3 amide bonds. The summed E-state index contributed by atoms with van der Waals surface area (Å²) in [6.07, 6.45) is 0. The molecular formula is C16H26Cl2N4O2. The maximum Gasteiger partial charge on any atom is 0.315 e. The van der Waals surface area contributed by atoms with Crippen LogP contribution in [0.4, 0.5) is 4.79 Å². The van der Waals surface area contributed by atoms with E-state index in [2.05, 4.69) is 16.0 Å². The van der Waals surface area contributed by atoms with Crippen LogP contribution in [-0.4, -0.2) is 30.6 Å². The molecule has 0 radical (unpaired) electrons. The zero-order valence-corrected chi connectivity index (χ0v) is 15.8. The zero-order valence-electron chi connectivity index (χ0n) is 14.2. The van der Waals surface area contributed by atoms with Crippen LogP contribution in [0.1, 0.15) is 26.3 Å². The van der Waals surface area contributed by atoms with E-state index in [1.807, 2.05) is 32.9 Å². The lowest BCUT2D eigenvalue weighted by atomic mass is 9.88. The van der Waals surface area contributed by atoms with Crippen molar-refractivity contribution in [3.63, 3.8) is 0 Å². The third-order valence-corrected chi connectivity index (χ3v) is 4.15. The highest BCUT2D eigenvalue weighted by Crippen LogP contribution is 2.14. The summed E-state index contributed by atoms with van der Waals surface area (Å²) in [6, 6.07) is 6.75. The molecule has 136 valence electrons. The van der Waals surface area contributed by atoms with Crippen LogP contribution in [0.15, 0.2) is 24.3 Å². The molecule has 5 N–H and O–H groups in total. The Kier molecular flexibility index (Phi) is 9.73. The van der Waals surface area contributed by atoms with Crippen LogP contribution in [0.3, 0.4) is 0 Å². The quantitative estimate of drug-likeness (QED) is 0.586. The standard InChI is InChI=1S/C16H25ClN4O2.ClH/c1-11(2)16(3,10-18)21-14(22)9-20-15(23)19-8-12-4-6-13(17)7-5-12;/h4-7,11H,8-10,18H2,1-3H3,(H,21,22)(H2,19,20,23);1H. The molecular weight excluding hydrogens is 351 g/mol. The van der Waals surface area contributed by atoms with E-state index in [4.69, 9.17) is 17.3 Å². The first-order valence-corrected chi connectivity index (χ1v) is 7.92. The summed E-state index contributed by atoms with van der Waals surface area (Å²) in [7, 11) is 0. The van der Waals surface area contributed by atoms with Crippen molar-refractivity contribution >= 4 is 35.9 Å². The van der Waals surface area contributed by atoms with Crippen LogP contribution in [0.5, 0.6) is 0 Å². The Bertz CT molecular complexity index is 537. The molecule has 24 heavy (non-hydrogen) atoms. The number of hydrogen-bond donors (Lipinski definition) is 4. The molecule has 8 heteroatoms. The summed E-state index contributed by atoms with van der Waals surface area (Å²) in [5, 5.41) is 8.69. The Morgan fingerprint density at radius 3 is 2.29 bits per heavy atom. The van der Waals surface area contributed by atoms with Gasteiger partial charge in [0.05, 0.1) is 12.1 Å². The molecule has 6 nitrogen and oxygen atoms in total. The van der Waals surface area contributed by atoms with Crippen LogP contribution in [0.2, 0.25) is 5.02 Å². The van der Waals surface area contributed by atoms with Gasteiger partial charge in [-0.2, -0.15) is 0 Å². The largest absolute Gasteiger partial charge is 0.348 e. The minimum Gasteiger partial charge on any atom is -0.348 e. The molecule has 0 aromatic heterocycles. The highest BCUT2D eigenvalue weighted by atomic mass is 35.5. The first kappa shape index (κ1) is 22.5. The number of carbonyl (C=O) groups is 2. The normalized spacial score (nSPS) is 12.8. The van der Waals surface area contributed by atoms with Gasteiger partial charge in [0, 0.05) is 18.1 Å². The predicted molar refractivity (Wildman–Crippen MR) is 99.4 cm³/mol. The molecule has 1 rings (SSSR count). The second-order valence-electron chi connectivity index (χ2n) is 5.99. The van der Waals surface area contributed by atoms with Crippen LogP contribution in [0.25, 0.3) is 0 Å². The van der Waals surface area contributed by atoms with Gasteiger partial charge >= 0.3 is 6.03 Å². The van der Waals surface area contributed by atoms with Gasteiger partial charge in [0.15, 0.2) is 0 Å². The Morgan fingerprint density at radius 2 is 1.79 bits per heavy atom. The third kappa shape index (κ3) is 7.38. The molecule has 0 spiro atoms. The van der Waals surface area contributed by atoms with Crippen molar-refractivity contribution in [1.29, 1.82) is 0 Å². The first-order valence-electron chi connectivity index (χ1n) is 7.54. The van der Waals surface area contributed by atoms with Gasteiger partial charge in [-0.25, -0.2) is 4.79 Å². The molecule has 1 atom stereocenters. The first-order chi connectivity index (χ1) is 10.8. The monoisotopic (exact) mass is 376 g/mol. The molecule has 1 unspecified atom stereocenters. The smallest absolute Gasteiger partial charge is 0.315 e. The molecule has 0 saturated carbocycles. The number of hydrogen-bond acceptors (Lipinski definition) is 3. The van der Waals surface area contributed by atoms with Crippen LogP contribution in [0, 0.1) is 5.92 Å². The number of amides is 3. The summed E-state index contributed by atoms with van der Waals surface area (Å²) in [4.78, 5) is 23.6. The van der Waals surface area contributed by atoms with Crippen molar-refractivity contribution in [2.75, 3.05) is 13.1 Å². The second kappa shape index (κ2) is 10.4. The maximum absolute atomic E-state index is 11.9. The van der Waals surface area contributed by atoms with Crippen molar-refractivity contribution in [2.45, 2.75) is 32.9 Å². The Labute approximate surface area is 154 Å². The van der Waals surface area contributed by atoms with Crippen LogP contribution < -0.4 is 21.7 Å². The number of benzene rings is 1. The van der Waals surface area contributed by atoms with Gasteiger partial charge in [-0.1, -0.05) is 37.6 Å². The fraction of sp³-hybridized carbons (Fsp3) is 0.500. The summed E-state index contributed by atoms with van der Waals surface area (Å²) in [5.74, 6) is -0.0801. The lowest BCUT2D eigenvalue weighted by molar-refractivity contribution is -0.122. The maximum atomic E-state index is 11.9. The highest BCUT2D eigenvalue weighted by molar-refractivity contribution is 6.30. The van der Waals surface area contributed by atoms with Gasteiger partial charge in [-0.15, -0.1) is 12.4 Å². The molecule has 0 aliphatic carbocycles.